The lowest BCUT2D eigenvalue weighted by Gasteiger charge is -2.21. The molecule has 0 fully saturated rings. The van der Waals surface area contributed by atoms with Crippen LogP contribution in [0.25, 0.3) is 0 Å². The van der Waals surface area contributed by atoms with Crippen molar-refractivity contribution in [1.82, 2.24) is 4.90 Å². The Morgan fingerprint density at radius 1 is 1.29 bits per heavy atom. The molecule has 14 heavy (non-hydrogen) atoms. The Kier molecular flexibility index (Phi) is 3.51. The van der Waals surface area contributed by atoms with E-state index in [1.165, 1.54) is 0 Å². The highest BCUT2D eigenvalue weighted by molar-refractivity contribution is 5.89. The second kappa shape index (κ2) is 4.65. The molecule has 76 valence electrons. The van der Waals surface area contributed by atoms with E-state index < -0.39 is 0 Å². The minimum absolute atomic E-state index is 0.0776. The van der Waals surface area contributed by atoms with E-state index in [4.69, 9.17) is 0 Å². The van der Waals surface area contributed by atoms with E-state index in [0.717, 1.165) is 5.69 Å². The Morgan fingerprint density at radius 2 is 1.86 bits per heavy atom. The highest BCUT2D eigenvalue weighted by Crippen LogP contribution is 2.06. The molecule has 3 nitrogen and oxygen atoms in total. The summed E-state index contributed by atoms with van der Waals surface area (Å²) in [7, 11) is 1.78. The molecule has 3 heteroatoms. The van der Waals surface area contributed by atoms with Crippen molar-refractivity contribution in [2.24, 2.45) is 0 Å². The number of hydrogen-bond donors (Lipinski definition) is 1. The molecular weight excluding hydrogens is 176 g/mol. The fraction of sp³-hybridized carbons (Fsp3) is 0.364. The predicted molar refractivity (Wildman–Crippen MR) is 58.4 cm³/mol. The van der Waals surface area contributed by atoms with Crippen molar-refractivity contribution in [3.8, 4) is 0 Å². The summed E-state index contributed by atoms with van der Waals surface area (Å²) in [5.74, 6) is 0. The molecule has 0 bridgehead atoms. The van der Waals surface area contributed by atoms with Gasteiger partial charge < -0.3 is 10.2 Å². The molecule has 1 aromatic carbocycles. The van der Waals surface area contributed by atoms with E-state index in [1.54, 1.807) is 11.9 Å². The number of hydrogen-bond acceptors (Lipinski definition) is 1. The van der Waals surface area contributed by atoms with Crippen LogP contribution in [-0.2, 0) is 0 Å². The molecule has 1 N–H and O–H groups in total. The quantitative estimate of drug-likeness (QED) is 0.767. The summed E-state index contributed by atoms with van der Waals surface area (Å²) in [5.41, 5.74) is 0.824. The topological polar surface area (TPSA) is 32.3 Å². The van der Waals surface area contributed by atoms with Gasteiger partial charge in [0.05, 0.1) is 0 Å². The largest absolute Gasteiger partial charge is 0.325 e. The number of amides is 2. The lowest BCUT2D eigenvalue weighted by atomic mass is 10.3. The normalized spacial score (nSPS) is 10.0. The third-order valence-electron chi connectivity index (χ3n) is 2.12. The van der Waals surface area contributed by atoms with Gasteiger partial charge >= 0.3 is 6.03 Å². The van der Waals surface area contributed by atoms with Crippen molar-refractivity contribution in [3.63, 3.8) is 0 Å². The summed E-state index contributed by atoms with van der Waals surface area (Å²) in [6.07, 6.45) is 0. The molecule has 2 amide bonds. The van der Waals surface area contributed by atoms with Crippen LogP contribution in [0, 0.1) is 0 Å². The maximum Gasteiger partial charge on any atom is 0.321 e. The zero-order valence-corrected chi connectivity index (χ0v) is 8.82. The SMILES string of the molecule is CC(C)N(C)C(=O)Nc1ccccc1. The summed E-state index contributed by atoms with van der Waals surface area (Å²) >= 11 is 0. The molecule has 1 aromatic rings. The smallest absolute Gasteiger partial charge is 0.321 e. The lowest BCUT2D eigenvalue weighted by Crippen LogP contribution is -2.36. The van der Waals surface area contributed by atoms with E-state index in [2.05, 4.69) is 5.32 Å². The summed E-state index contributed by atoms with van der Waals surface area (Å²) in [4.78, 5) is 13.2. The predicted octanol–water partition coefficient (Wildman–Crippen LogP) is 2.56. The Balaban J connectivity index is 2.58. The number of nitrogens with zero attached hydrogens (tertiary/aromatic N) is 1. The van der Waals surface area contributed by atoms with Gasteiger partial charge in [0.2, 0.25) is 0 Å². The number of rotatable bonds is 2. The molecule has 0 radical (unpaired) electrons. The van der Waals surface area contributed by atoms with Crippen LogP contribution in [-0.4, -0.2) is 24.0 Å². The monoisotopic (exact) mass is 192 g/mol. The van der Waals surface area contributed by atoms with E-state index in [-0.39, 0.29) is 12.1 Å². The van der Waals surface area contributed by atoms with Crippen LogP contribution in [0.15, 0.2) is 30.3 Å². The zero-order valence-electron chi connectivity index (χ0n) is 8.82. The number of urea groups is 1. The first-order valence-corrected chi connectivity index (χ1v) is 4.70. The summed E-state index contributed by atoms with van der Waals surface area (Å²) in [5, 5.41) is 2.81. The van der Waals surface area contributed by atoms with Crippen molar-refractivity contribution >= 4 is 11.7 Å². The Morgan fingerprint density at radius 3 is 2.36 bits per heavy atom. The molecule has 0 aliphatic rings. The van der Waals surface area contributed by atoms with Crippen LogP contribution < -0.4 is 5.32 Å². The minimum Gasteiger partial charge on any atom is -0.325 e. The number of carbonyl (C=O) groups is 1. The molecule has 0 aliphatic heterocycles. The first-order valence-electron chi connectivity index (χ1n) is 4.70. The third-order valence-corrected chi connectivity index (χ3v) is 2.12. The van der Waals surface area contributed by atoms with Gasteiger partial charge in [0.25, 0.3) is 0 Å². The number of anilines is 1. The fourth-order valence-corrected chi connectivity index (χ4v) is 0.968. The number of carbonyl (C=O) groups excluding carboxylic acids is 1. The van der Waals surface area contributed by atoms with E-state index in [1.807, 2.05) is 44.2 Å². The van der Waals surface area contributed by atoms with Crippen LogP contribution in [0.1, 0.15) is 13.8 Å². The Bertz CT molecular complexity index is 295. The Hall–Kier alpha value is -1.51. The highest BCUT2D eigenvalue weighted by Gasteiger charge is 2.10. The van der Waals surface area contributed by atoms with Gasteiger partial charge in [-0.05, 0) is 26.0 Å². The standard InChI is InChI=1S/C11H16N2O/c1-9(2)13(3)11(14)12-10-7-5-4-6-8-10/h4-9H,1-3H3,(H,12,14). The van der Waals surface area contributed by atoms with Crippen LogP contribution in [0.2, 0.25) is 0 Å². The lowest BCUT2D eigenvalue weighted by molar-refractivity contribution is 0.211. The first kappa shape index (κ1) is 10.6. The zero-order chi connectivity index (χ0) is 10.6. The van der Waals surface area contributed by atoms with E-state index in [9.17, 15) is 4.79 Å². The molecule has 0 unspecified atom stereocenters. The van der Waals surface area contributed by atoms with Crippen molar-refractivity contribution in [1.29, 1.82) is 0 Å². The van der Waals surface area contributed by atoms with Crippen LogP contribution in [0.4, 0.5) is 10.5 Å². The number of benzene rings is 1. The molecule has 0 aliphatic carbocycles. The molecule has 0 heterocycles. The van der Waals surface area contributed by atoms with Crippen molar-refractivity contribution < 1.29 is 4.79 Å². The maximum atomic E-state index is 11.6. The van der Waals surface area contributed by atoms with Gasteiger partial charge in [-0.3, -0.25) is 0 Å². The van der Waals surface area contributed by atoms with Gasteiger partial charge in [-0.25, -0.2) is 4.79 Å². The van der Waals surface area contributed by atoms with Gasteiger partial charge in [-0.1, -0.05) is 18.2 Å². The molecule has 0 aromatic heterocycles. The van der Waals surface area contributed by atoms with Gasteiger partial charge in [0, 0.05) is 18.8 Å². The molecular formula is C11H16N2O. The van der Waals surface area contributed by atoms with Crippen molar-refractivity contribution in [2.45, 2.75) is 19.9 Å². The van der Waals surface area contributed by atoms with Gasteiger partial charge in [-0.2, -0.15) is 0 Å². The second-order valence-corrected chi connectivity index (χ2v) is 3.50. The van der Waals surface area contributed by atoms with Crippen molar-refractivity contribution in [3.05, 3.63) is 30.3 Å². The van der Waals surface area contributed by atoms with Gasteiger partial charge in [0.15, 0.2) is 0 Å². The average Bonchev–Trinajstić information content (AvgIpc) is 2.18. The Labute approximate surface area is 84.7 Å². The molecule has 0 saturated carbocycles. The molecule has 0 atom stereocenters. The molecule has 1 rings (SSSR count). The summed E-state index contributed by atoms with van der Waals surface area (Å²) < 4.78 is 0. The highest BCUT2D eigenvalue weighted by atomic mass is 16.2. The second-order valence-electron chi connectivity index (χ2n) is 3.50. The van der Waals surface area contributed by atoms with Crippen LogP contribution >= 0.6 is 0 Å². The minimum atomic E-state index is -0.0776. The van der Waals surface area contributed by atoms with Gasteiger partial charge in [-0.15, -0.1) is 0 Å². The van der Waals surface area contributed by atoms with E-state index in [0.29, 0.717) is 0 Å². The average molecular weight is 192 g/mol. The van der Waals surface area contributed by atoms with Crippen molar-refractivity contribution in [2.75, 3.05) is 12.4 Å². The van der Waals surface area contributed by atoms with Crippen LogP contribution in [0.3, 0.4) is 0 Å². The summed E-state index contributed by atoms with van der Waals surface area (Å²) in [6.45, 7) is 3.95. The number of para-hydroxylation sites is 1. The third kappa shape index (κ3) is 2.76. The molecule has 0 spiro atoms. The first-order chi connectivity index (χ1) is 6.61. The van der Waals surface area contributed by atoms with Crippen LogP contribution in [0.5, 0.6) is 0 Å². The van der Waals surface area contributed by atoms with E-state index >= 15 is 0 Å². The fourth-order valence-electron chi connectivity index (χ4n) is 0.968. The molecule has 0 saturated heterocycles. The number of nitrogens with one attached hydrogen (secondary N) is 1. The summed E-state index contributed by atoms with van der Waals surface area (Å²) in [6, 6.07) is 9.57. The maximum absolute atomic E-state index is 11.6. The van der Waals surface area contributed by atoms with Gasteiger partial charge in [0.1, 0.15) is 0 Å².